The van der Waals surface area contributed by atoms with Gasteiger partial charge in [0, 0.05) is 30.5 Å². The van der Waals surface area contributed by atoms with Gasteiger partial charge in [0.1, 0.15) is 12.2 Å². The van der Waals surface area contributed by atoms with Crippen molar-refractivity contribution in [3.8, 4) is 0 Å². The maximum absolute atomic E-state index is 12.9. The molecule has 0 bridgehead atoms. The number of hydrogen-bond donors (Lipinski definition) is 3. The van der Waals surface area contributed by atoms with Gasteiger partial charge in [-0.25, -0.2) is 4.79 Å². The van der Waals surface area contributed by atoms with E-state index in [2.05, 4.69) is 51.9 Å². The molecule has 2 saturated heterocycles. The van der Waals surface area contributed by atoms with Gasteiger partial charge in [-0.3, -0.25) is 0 Å². The van der Waals surface area contributed by atoms with Crippen molar-refractivity contribution in [1.82, 2.24) is 10.2 Å². The van der Waals surface area contributed by atoms with Crippen LogP contribution in [0.25, 0.3) is 0 Å². The van der Waals surface area contributed by atoms with Crippen molar-refractivity contribution in [1.29, 1.82) is 0 Å². The van der Waals surface area contributed by atoms with Crippen LogP contribution in [0.15, 0.2) is 0 Å². The first kappa shape index (κ1) is 32.6. The minimum Gasteiger partial charge on any atom is -0.446 e. The summed E-state index contributed by atoms with van der Waals surface area (Å²) in [6.45, 7) is 19.9. The van der Waals surface area contributed by atoms with E-state index in [1.54, 1.807) is 0 Å². The van der Waals surface area contributed by atoms with Gasteiger partial charge in [0.05, 0.1) is 30.0 Å². The summed E-state index contributed by atoms with van der Waals surface area (Å²) < 4.78 is 19.2. The SMILES string of the molecule is CCO[C@@H]([C@H]1C[C@@H](C)C2[C@H](O1)[C@H](O)[C@@]1(C)[C@@H]3CC[C@H]4C(C)(C)[C@@H](OC(=O)NC5CN(C)C5)CC[C@@]45C[C@@]35CC[C@]21C)C(C)(C)O. The lowest BCUT2D eigenvalue weighted by atomic mass is 9.41. The molecule has 7 aliphatic rings. The van der Waals surface area contributed by atoms with Crippen LogP contribution in [-0.2, 0) is 14.2 Å². The van der Waals surface area contributed by atoms with Crippen LogP contribution in [0.4, 0.5) is 4.79 Å². The van der Waals surface area contributed by atoms with Crippen LogP contribution in [0.3, 0.4) is 0 Å². The predicted molar refractivity (Wildman–Crippen MR) is 173 cm³/mol. The first-order chi connectivity index (χ1) is 21.0. The molecule has 7 fully saturated rings. The molecular formula is C37H62N2O6. The van der Waals surface area contributed by atoms with Crippen molar-refractivity contribution in [3.63, 3.8) is 0 Å². The van der Waals surface area contributed by atoms with Gasteiger partial charge in [-0.1, -0.05) is 34.6 Å². The standard InChI is InChI=1S/C37H62N2O6/c1-10-43-30(33(5,6)42)23-17-21(2)27-28(44-23)29(40)35(8)25-12-11-24-32(3,4)26(45-31(41)38-22-18-39(9)19-22)13-14-36(24)20-37(25,36)16-15-34(27,35)7/h21-30,40,42H,10-20H2,1-9H3,(H,38,41)/t21-,23-,24+,25+,26+,27?,28+,29+,30+,34-,35-,36-,37+/m1/s1. The molecule has 2 spiro atoms. The van der Waals surface area contributed by atoms with E-state index in [1.165, 1.54) is 12.8 Å². The smallest absolute Gasteiger partial charge is 0.407 e. The fourth-order valence-electron chi connectivity index (χ4n) is 13.8. The Labute approximate surface area is 271 Å². The lowest BCUT2D eigenvalue weighted by Gasteiger charge is -2.63. The molecule has 13 atom stereocenters. The molecule has 8 heteroatoms. The lowest BCUT2D eigenvalue weighted by Crippen LogP contribution is -2.61. The summed E-state index contributed by atoms with van der Waals surface area (Å²) in [6, 6.07) is 0.198. The maximum atomic E-state index is 12.9. The van der Waals surface area contributed by atoms with E-state index in [1.807, 2.05) is 20.8 Å². The number of carbonyl (C=O) groups is 1. The Morgan fingerprint density at radius 1 is 1.07 bits per heavy atom. The molecular weight excluding hydrogens is 568 g/mol. The highest BCUT2D eigenvalue weighted by Gasteiger charge is 2.84. The molecule has 1 unspecified atom stereocenters. The minimum absolute atomic E-state index is 0.00659. The zero-order valence-electron chi connectivity index (χ0n) is 29.5. The molecule has 3 N–H and O–H groups in total. The molecule has 0 radical (unpaired) electrons. The average Bonchev–Trinajstić information content (AvgIpc) is 3.56. The average molecular weight is 631 g/mol. The number of fused-ring (bicyclic) bond motifs is 4. The van der Waals surface area contributed by atoms with Crippen LogP contribution < -0.4 is 5.32 Å². The highest BCUT2D eigenvalue weighted by Crippen LogP contribution is 2.89. The topological polar surface area (TPSA) is 100 Å². The zero-order valence-corrected chi connectivity index (χ0v) is 29.5. The summed E-state index contributed by atoms with van der Waals surface area (Å²) in [4.78, 5) is 15.1. The Morgan fingerprint density at radius 3 is 2.38 bits per heavy atom. The van der Waals surface area contributed by atoms with Crippen LogP contribution in [0, 0.1) is 50.7 Å². The van der Waals surface area contributed by atoms with Gasteiger partial charge in [-0.05, 0) is 119 Å². The van der Waals surface area contributed by atoms with Crippen molar-refractivity contribution in [2.75, 3.05) is 26.7 Å². The van der Waals surface area contributed by atoms with Gasteiger partial charge in [-0.2, -0.15) is 0 Å². The van der Waals surface area contributed by atoms with Gasteiger partial charge in [0.25, 0.3) is 0 Å². The predicted octanol–water partition coefficient (Wildman–Crippen LogP) is 5.38. The quantitative estimate of drug-likeness (QED) is 0.362. The molecule has 0 aromatic rings. The molecule has 0 aromatic heterocycles. The molecule has 8 nitrogen and oxygen atoms in total. The molecule has 2 aliphatic heterocycles. The summed E-state index contributed by atoms with van der Waals surface area (Å²) in [5.74, 6) is 1.64. The monoisotopic (exact) mass is 630 g/mol. The first-order valence-corrected chi connectivity index (χ1v) is 18.3. The summed E-state index contributed by atoms with van der Waals surface area (Å²) in [5.41, 5.74) is -0.816. The van der Waals surface area contributed by atoms with Crippen molar-refractivity contribution in [3.05, 3.63) is 0 Å². The summed E-state index contributed by atoms with van der Waals surface area (Å²) in [6.07, 6.45) is 7.00. The maximum Gasteiger partial charge on any atom is 0.407 e. The number of rotatable bonds is 6. The van der Waals surface area contributed by atoms with E-state index >= 15 is 0 Å². The van der Waals surface area contributed by atoms with Crippen molar-refractivity contribution < 1.29 is 29.2 Å². The number of hydrogen-bond acceptors (Lipinski definition) is 7. The number of carbonyl (C=O) groups excluding carboxylic acids is 1. The molecule has 1 amide bonds. The molecule has 256 valence electrons. The zero-order chi connectivity index (χ0) is 32.5. The third-order valence-electron chi connectivity index (χ3n) is 15.8. The van der Waals surface area contributed by atoms with Crippen LogP contribution in [-0.4, -0.2) is 90.1 Å². The lowest BCUT2D eigenvalue weighted by molar-refractivity contribution is -0.215. The van der Waals surface area contributed by atoms with Crippen molar-refractivity contribution in [2.45, 2.75) is 149 Å². The molecule has 5 saturated carbocycles. The first-order valence-electron chi connectivity index (χ1n) is 18.3. The van der Waals surface area contributed by atoms with Gasteiger partial charge in [0.2, 0.25) is 0 Å². The second-order valence-electron chi connectivity index (χ2n) is 18.5. The van der Waals surface area contributed by atoms with Crippen LogP contribution in [0.1, 0.15) is 107 Å². The minimum atomic E-state index is -1.02. The largest absolute Gasteiger partial charge is 0.446 e. The van der Waals surface area contributed by atoms with Crippen molar-refractivity contribution in [2.24, 2.45) is 50.7 Å². The second-order valence-corrected chi connectivity index (χ2v) is 18.5. The van der Waals surface area contributed by atoms with Crippen LogP contribution in [0.2, 0.25) is 0 Å². The van der Waals surface area contributed by atoms with Crippen LogP contribution >= 0.6 is 0 Å². The number of amides is 1. The summed E-state index contributed by atoms with van der Waals surface area (Å²) in [7, 11) is 2.07. The Hall–Kier alpha value is -0.930. The van der Waals surface area contributed by atoms with Gasteiger partial charge in [0.15, 0.2) is 0 Å². The third-order valence-corrected chi connectivity index (χ3v) is 15.8. The van der Waals surface area contributed by atoms with Gasteiger partial charge in [-0.15, -0.1) is 0 Å². The van der Waals surface area contributed by atoms with Crippen LogP contribution in [0.5, 0.6) is 0 Å². The van der Waals surface area contributed by atoms with Gasteiger partial charge < -0.3 is 34.6 Å². The fourth-order valence-corrected chi connectivity index (χ4v) is 13.8. The molecule has 2 heterocycles. The number of nitrogens with one attached hydrogen (secondary N) is 1. The Kier molecular flexibility index (Phi) is 7.46. The number of aliphatic hydroxyl groups is 2. The van der Waals surface area contributed by atoms with Gasteiger partial charge >= 0.3 is 6.09 Å². The molecule has 45 heavy (non-hydrogen) atoms. The van der Waals surface area contributed by atoms with E-state index in [-0.39, 0.29) is 63.4 Å². The van der Waals surface area contributed by atoms with E-state index in [0.717, 1.165) is 51.6 Å². The Balaban J connectivity index is 1.13. The highest BCUT2D eigenvalue weighted by molar-refractivity contribution is 5.68. The number of ether oxygens (including phenoxy) is 3. The number of likely N-dealkylation sites (N-methyl/N-ethyl adjacent to an activating group) is 1. The fraction of sp³-hybridized carbons (Fsp3) is 0.973. The van der Waals surface area contributed by atoms with E-state index in [0.29, 0.717) is 24.4 Å². The normalized spacial score (nSPS) is 51.0. The van der Waals surface area contributed by atoms with E-state index in [4.69, 9.17) is 14.2 Å². The number of nitrogens with zero attached hydrogens (tertiary/aromatic N) is 1. The molecule has 7 rings (SSSR count). The van der Waals surface area contributed by atoms with E-state index in [9.17, 15) is 15.0 Å². The summed E-state index contributed by atoms with van der Waals surface area (Å²) in [5, 5.41) is 26.7. The summed E-state index contributed by atoms with van der Waals surface area (Å²) >= 11 is 0. The third kappa shape index (κ3) is 4.29. The Morgan fingerprint density at radius 2 is 1.73 bits per heavy atom. The Bertz CT molecular complexity index is 1180. The highest BCUT2D eigenvalue weighted by atomic mass is 16.6. The number of likely N-dealkylation sites (tertiary alicyclic amines) is 1. The van der Waals surface area contributed by atoms with Crippen molar-refractivity contribution >= 4 is 6.09 Å². The molecule has 5 aliphatic carbocycles. The van der Waals surface area contributed by atoms with E-state index < -0.39 is 17.8 Å². The molecule has 0 aromatic carbocycles. The second kappa shape index (κ2) is 10.3. The number of aliphatic hydroxyl groups excluding tert-OH is 1. The number of alkyl carbamates (subject to hydrolysis) is 1.